The van der Waals surface area contributed by atoms with Crippen LogP contribution in [-0.2, 0) is 11.2 Å². The molecule has 6 heteroatoms. The minimum Gasteiger partial charge on any atom is -0.497 e. The van der Waals surface area contributed by atoms with Gasteiger partial charge in [0.1, 0.15) is 5.75 Å². The molecule has 4 rings (SSSR count). The number of methoxy groups -OCH3 is 1. The Morgan fingerprint density at radius 1 is 1.30 bits per heavy atom. The number of hydrogen-bond donors (Lipinski definition) is 0. The molecule has 27 heavy (non-hydrogen) atoms. The molecule has 0 N–H and O–H groups in total. The van der Waals surface area contributed by atoms with Crippen LogP contribution in [0, 0.1) is 11.8 Å². The van der Waals surface area contributed by atoms with E-state index in [1.54, 1.807) is 18.4 Å². The number of aromatic nitrogens is 2. The second-order valence-corrected chi connectivity index (χ2v) is 8.50. The molecular weight excluding hydrogens is 358 g/mol. The first-order valence-corrected chi connectivity index (χ1v) is 10.3. The third kappa shape index (κ3) is 3.72. The molecular formula is C21H25N3O2S. The van der Waals surface area contributed by atoms with E-state index in [4.69, 9.17) is 9.72 Å². The van der Waals surface area contributed by atoms with Crippen LogP contribution in [0.1, 0.15) is 26.0 Å². The number of nitrogens with zero attached hydrogens (tertiary/aromatic N) is 3. The largest absolute Gasteiger partial charge is 0.497 e. The molecule has 1 aliphatic heterocycles. The lowest BCUT2D eigenvalue weighted by Gasteiger charge is -2.35. The van der Waals surface area contributed by atoms with Gasteiger partial charge in [-0.2, -0.15) is 0 Å². The number of hydrogen-bond acceptors (Lipinski definition) is 4. The van der Waals surface area contributed by atoms with Crippen LogP contribution < -0.4 is 4.74 Å². The van der Waals surface area contributed by atoms with Gasteiger partial charge in [-0.05, 0) is 30.4 Å². The second kappa shape index (κ2) is 7.35. The smallest absolute Gasteiger partial charge is 0.228 e. The molecule has 142 valence electrons. The highest BCUT2D eigenvalue weighted by atomic mass is 32.1. The predicted molar refractivity (Wildman–Crippen MR) is 108 cm³/mol. The number of amides is 1. The summed E-state index contributed by atoms with van der Waals surface area (Å²) in [5.74, 6) is 2.18. The van der Waals surface area contributed by atoms with Crippen molar-refractivity contribution in [2.75, 3.05) is 20.2 Å². The van der Waals surface area contributed by atoms with E-state index in [0.29, 0.717) is 18.3 Å². The van der Waals surface area contributed by atoms with Crippen molar-refractivity contribution < 1.29 is 9.53 Å². The van der Waals surface area contributed by atoms with E-state index in [1.807, 2.05) is 45.1 Å². The molecule has 1 fully saturated rings. The van der Waals surface area contributed by atoms with E-state index in [9.17, 15) is 4.79 Å². The summed E-state index contributed by atoms with van der Waals surface area (Å²) in [6.07, 6.45) is 3.65. The second-order valence-electron chi connectivity index (χ2n) is 7.66. The van der Waals surface area contributed by atoms with Gasteiger partial charge in [0.25, 0.3) is 0 Å². The van der Waals surface area contributed by atoms with E-state index < -0.39 is 0 Å². The lowest BCUT2D eigenvalue weighted by Crippen LogP contribution is -2.43. The topological polar surface area (TPSA) is 46.8 Å². The molecule has 1 saturated heterocycles. The summed E-state index contributed by atoms with van der Waals surface area (Å²) < 4.78 is 7.36. The minimum atomic E-state index is 0.213. The molecule has 5 nitrogen and oxygen atoms in total. The summed E-state index contributed by atoms with van der Waals surface area (Å²) in [7, 11) is 1.66. The lowest BCUT2D eigenvalue weighted by atomic mass is 9.91. The Morgan fingerprint density at radius 2 is 2.07 bits per heavy atom. The Labute approximate surface area is 163 Å². The molecule has 2 unspecified atom stereocenters. The fraction of sp³-hybridized carbons (Fsp3) is 0.429. The van der Waals surface area contributed by atoms with Crippen LogP contribution in [0.4, 0.5) is 0 Å². The van der Waals surface area contributed by atoms with Gasteiger partial charge in [-0.15, -0.1) is 11.3 Å². The third-order valence-corrected chi connectivity index (χ3v) is 6.09. The number of rotatable bonds is 4. The maximum atomic E-state index is 12.8. The van der Waals surface area contributed by atoms with Crippen molar-refractivity contribution in [1.29, 1.82) is 0 Å². The summed E-state index contributed by atoms with van der Waals surface area (Å²) in [5.41, 5.74) is 2.92. The molecule has 3 aromatic rings. The van der Waals surface area contributed by atoms with Gasteiger partial charge in [-0.3, -0.25) is 9.20 Å². The zero-order valence-electron chi connectivity index (χ0n) is 16.0. The van der Waals surface area contributed by atoms with Crippen molar-refractivity contribution in [2.45, 2.75) is 26.7 Å². The van der Waals surface area contributed by atoms with Crippen molar-refractivity contribution >= 4 is 22.2 Å². The summed E-state index contributed by atoms with van der Waals surface area (Å²) in [4.78, 5) is 20.5. The Bertz CT molecular complexity index is 951. The van der Waals surface area contributed by atoms with E-state index in [0.717, 1.165) is 40.8 Å². The van der Waals surface area contributed by atoms with Crippen molar-refractivity contribution in [3.63, 3.8) is 0 Å². The zero-order chi connectivity index (χ0) is 19.0. The molecule has 1 aromatic carbocycles. The monoisotopic (exact) mass is 383 g/mol. The van der Waals surface area contributed by atoms with Crippen LogP contribution in [0.25, 0.3) is 16.2 Å². The van der Waals surface area contributed by atoms with E-state index in [1.165, 1.54) is 6.42 Å². The van der Waals surface area contributed by atoms with E-state index >= 15 is 0 Å². The van der Waals surface area contributed by atoms with Gasteiger partial charge < -0.3 is 9.64 Å². The first-order chi connectivity index (χ1) is 13.0. The summed E-state index contributed by atoms with van der Waals surface area (Å²) in [5, 5.41) is 2.05. The maximum absolute atomic E-state index is 12.8. The lowest BCUT2D eigenvalue weighted by molar-refractivity contribution is -0.133. The summed E-state index contributed by atoms with van der Waals surface area (Å²) in [6, 6.07) is 7.89. The van der Waals surface area contributed by atoms with Gasteiger partial charge in [0.05, 0.1) is 19.2 Å². The average molecular weight is 384 g/mol. The molecule has 0 aliphatic carbocycles. The van der Waals surface area contributed by atoms with Gasteiger partial charge >= 0.3 is 0 Å². The van der Waals surface area contributed by atoms with Crippen LogP contribution in [0.2, 0.25) is 0 Å². The first kappa shape index (κ1) is 18.0. The highest BCUT2D eigenvalue weighted by molar-refractivity contribution is 7.15. The Hall–Kier alpha value is -2.34. The number of fused-ring (bicyclic) bond motifs is 1. The first-order valence-electron chi connectivity index (χ1n) is 9.41. The number of thiazole rings is 1. The van der Waals surface area contributed by atoms with Crippen LogP contribution in [-0.4, -0.2) is 40.4 Å². The van der Waals surface area contributed by atoms with E-state index in [2.05, 4.69) is 13.8 Å². The van der Waals surface area contributed by atoms with Gasteiger partial charge in [-0.1, -0.05) is 26.0 Å². The van der Waals surface area contributed by atoms with Gasteiger partial charge in [0.15, 0.2) is 4.96 Å². The number of carbonyl (C=O) groups is 1. The highest BCUT2D eigenvalue weighted by Gasteiger charge is 2.26. The third-order valence-electron chi connectivity index (χ3n) is 5.20. The number of imidazole rings is 1. The Morgan fingerprint density at radius 3 is 2.81 bits per heavy atom. The SMILES string of the molecule is COc1cccc(-c2cn3c(CC(=O)N4CC(C)CC(C)C4)csc3n2)c1. The van der Waals surface area contributed by atoms with Gasteiger partial charge in [0.2, 0.25) is 5.91 Å². The number of benzene rings is 1. The predicted octanol–water partition coefficient (Wildman–Crippen LogP) is 4.12. The molecule has 0 radical (unpaired) electrons. The Balaban J connectivity index is 1.56. The van der Waals surface area contributed by atoms with Crippen molar-refractivity contribution in [3.8, 4) is 17.0 Å². The normalized spacial score (nSPS) is 20.2. The zero-order valence-corrected chi connectivity index (χ0v) is 16.8. The van der Waals surface area contributed by atoms with Gasteiger partial charge in [0, 0.05) is 35.9 Å². The Kier molecular flexibility index (Phi) is 4.91. The standard InChI is InChI=1S/C21H25N3O2S/c1-14-7-15(2)11-23(10-14)20(25)9-17-13-27-21-22-19(12-24(17)21)16-5-4-6-18(8-16)26-3/h4-6,8,12-15H,7,9-11H2,1-3H3. The molecule has 0 spiro atoms. The number of ether oxygens (including phenoxy) is 1. The summed E-state index contributed by atoms with van der Waals surface area (Å²) in [6.45, 7) is 6.20. The maximum Gasteiger partial charge on any atom is 0.228 e. The van der Waals surface area contributed by atoms with Crippen molar-refractivity contribution in [2.24, 2.45) is 11.8 Å². The molecule has 1 aliphatic rings. The molecule has 2 aromatic heterocycles. The van der Waals surface area contributed by atoms with Crippen LogP contribution in [0.5, 0.6) is 5.75 Å². The molecule has 0 bridgehead atoms. The van der Waals surface area contributed by atoms with Crippen molar-refractivity contribution in [1.82, 2.24) is 14.3 Å². The number of piperidine rings is 1. The average Bonchev–Trinajstić information content (AvgIpc) is 3.23. The summed E-state index contributed by atoms with van der Waals surface area (Å²) >= 11 is 1.58. The quantitative estimate of drug-likeness (QED) is 0.681. The van der Waals surface area contributed by atoms with E-state index in [-0.39, 0.29) is 5.91 Å². The fourth-order valence-corrected chi connectivity index (χ4v) is 4.88. The van der Waals surface area contributed by atoms with Crippen molar-refractivity contribution in [3.05, 3.63) is 41.5 Å². The minimum absolute atomic E-state index is 0.213. The van der Waals surface area contributed by atoms with Crippen LogP contribution in [0.3, 0.4) is 0 Å². The molecule has 3 heterocycles. The molecule has 0 saturated carbocycles. The number of likely N-dealkylation sites (tertiary alicyclic amines) is 1. The fourth-order valence-electron chi connectivity index (χ4n) is 4.01. The molecule has 1 amide bonds. The van der Waals surface area contributed by atoms with Crippen LogP contribution in [0.15, 0.2) is 35.8 Å². The molecule has 2 atom stereocenters. The van der Waals surface area contributed by atoms with Gasteiger partial charge in [-0.25, -0.2) is 4.98 Å². The highest BCUT2D eigenvalue weighted by Crippen LogP contribution is 2.27. The number of carbonyl (C=O) groups excluding carboxylic acids is 1. The van der Waals surface area contributed by atoms with Crippen LogP contribution >= 0.6 is 11.3 Å².